The molecule has 6 heteroatoms. The highest BCUT2D eigenvalue weighted by Crippen LogP contribution is 2.11. The standard InChI is InChI=1S/C17H23N5O/c1-12-5-7-14(8-6-12)20-16(23)15-11-13(2)19-17(21-15)18-9-10-22(3)4/h5-8,11H,9-10H2,1-4H3,(H,20,23)(H,18,19,21). The van der Waals surface area contributed by atoms with Crippen LogP contribution in [0.15, 0.2) is 30.3 Å². The Morgan fingerprint density at radius 1 is 1.13 bits per heavy atom. The van der Waals surface area contributed by atoms with E-state index in [1.807, 2.05) is 52.2 Å². The van der Waals surface area contributed by atoms with Crippen LogP contribution in [-0.4, -0.2) is 48.0 Å². The van der Waals surface area contributed by atoms with Crippen molar-refractivity contribution in [2.45, 2.75) is 13.8 Å². The van der Waals surface area contributed by atoms with E-state index in [2.05, 4.69) is 25.5 Å². The summed E-state index contributed by atoms with van der Waals surface area (Å²) in [6, 6.07) is 9.33. The Hall–Kier alpha value is -2.47. The lowest BCUT2D eigenvalue weighted by Gasteiger charge is -2.11. The van der Waals surface area contributed by atoms with Crippen molar-refractivity contribution in [1.82, 2.24) is 14.9 Å². The van der Waals surface area contributed by atoms with Gasteiger partial charge in [0.2, 0.25) is 5.95 Å². The van der Waals surface area contributed by atoms with Gasteiger partial charge < -0.3 is 15.5 Å². The number of carbonyl (C=O) groups excluding carboxylic acids is 1. The van der Waals surface area contributed by atoms with E-state index in [4.69, 9.17) is 0 Å². The van der Waals surface area contributed by atoms with E-state index >= 15 is 0 Å². The number of amides is 1. The van der Waals surface area contributed by atoms with Gasteiger partial charge in [0.05, 0.1) is 0 Å². The Morgan fingerprint density at radius 2 is 1.83 bits per heavy atom. The molecule has 2 aromatic rings. The van der Waals surface area contributed by atoms with Crippen LogP contribution < -0.4 is 10.6 Å². The van der Waals surface area contributed by atoms with Crippen LogP contribution in [0, 0.1) is 13.8 Å². The topological polar surface area (TPSA) is 70.2 Å². The largest absolute Gasteiger partial charge is 0.353 e. The summed E-state index contributed by atoms with van der Waals surface area (Å²) >= 11 is 0. The maximum atomic E-state index is 12.3. The van der Waals surface area contributed by atoms with Crippen LogP contribution in [0.2, 0.25) is 0 Å². The lowest BCUT2D eigenvalue weighted by atomic mass is 10.2. The molecule has 0 radical (unpaired) electrons. The van der Waals surface area contributed by atoms with Crippen molar-refractivity contribution in [2.24, 2.45) is 0 Å². The molecule has 23 heavy (non-hydrogen) atoms. The second-order valence-electron chi connectivity index (χ2n) is 5.77. The SMILES string of the molecule is Cc1ccc(NC(=O)c2cc(C)nc(NCCN(C)C)n2)cc1. The van der Waals surface area contributed by atoms with Gasteiger partial charge >= 0.3 is 0 Å². The van der Waals surface area contributed by atoms with Gasteiger partial charge in [-0.2, -0.15) is 0 Å². The Morgan fingerprint density at radius 3 is 2.48 bits per heavy atom. The summed E-state index contributed by atoms with van der Waals surface area (Å²) in [5.74, 6) is 0.232. The molecule has 2 rings (SSSR count). The number of carbonyl (C=O) groups is 1. The summed E-state index contributed by atoms with van der Waals surface area (Å²) < 4.78 is 0. The summed E-state index contributed by atoms with van der Waals surface area (Å²) in [4.78, 5) is 23.0. The summed E-state index contributed by atoms with van der Waals surface area (Å²) in [6.45, 7) is 5.43. The Kier molecular flexibility index (Phi) is 5.65. The summed E-state index contributed by atoms with van der Waals surface area (Å²) in [7, 11) is 4.00. The molecule has 2 N–H and O–H groups in total. The van der Waals surface area contributed by atoms with Crippen LogP contribution >= 0.6 is 0 Å². The van der Waals surface area contributed by atoms with Gasteiger partial charge in [0.25, 0.3) is 5.91 Å². The molecule has 0 spiro atoms. The molecule has 1 amide bonds. The van der Waals surface area contributed by atoms with E-state index in [1.54, 1.807) is 6.07 Å². The second-order valence-corrected chi connectivity index (χ2v) is 5.77. The molecular formula is C17H23N5O. The van der Waals surface area contributed by atoms with E-state index in [9.17, 15) is 4.79 Å². The quantitative estimate of drug-likeness (QED) is 0.856. The van der Waals surface area contributed by atoms with Crippen molar-refractivity contribution in [1.29, 1.82) is 0 Å². The van der Waals surface area contributed by atoms with Gasteiger partial charge in [-0.15, -0.1) is 0 Å². The Labute approximate surface area is 137 Å². The van der Waals surface area contributed by atoms with Crippen molar-refractivity contribution in [3.05, 3.63) is 47.3 Å². The molecule has 0 aliphatic heterocycles. The molecule has 0 atom stereocenters. The Bertz CT molecular complexity index is 667. The van der Waals surface area contributed by atoms with Crippen LogP contribution in [0.4, 0.5) is 11.6 Å². The van der Waals surface area contributed by atoms with E-state index in [1.165, 1.54) is 0 Å². The molecule has 1 heterocycles. The summed E-state index contributed by atoms with van der Waals surface area (Å²) in [5.41, 5.74) is 3.00. The fraction of sp³-hybridized carbons (Fsp3) is 0.353. The number of likely N-dealkylation sites (N-methyl/N-ethyl adjacent to an activating group) is 1. The second kappa shape index (κ2) is 7.69. The Balaban J connectivity index is 2.07. The van der Waals surface area contributed by atoms with Crippen LogP contribution in [0.25, 0.3) is 0 Å². The van der Waals surface area contributed by atoms with E-state index in [0.717, 1.165) is 30.0 Å². The molecule has 1 aromatic carbocycles. The van der Waals surface area contributed by atoms with Crippen LogP contribution in [0.3, 0.4) is 0 Å². The van der Waals surface area contributed by atoms with Gasteiger partial charge in [0.15, 0.2) is 0 Å². The number of aryl methyl sites for hydroxylation is 2. The maximum absolute atomic E-state index is 12.3. The van der Waals surface area contributed by atoms with Crippen molar-refractivity contribution in [2.75, 3.05) is 37.8 Å². The maximum Gasteiger partial charge on any atom is 0.274 e. The van der Waals surface area contributed by atoms with Crippen LogP contribution in [-0.2, 0) is 0 Å². The third kappa shape index (κ3) is 5.34. The lowest BCUT2D eigenvalue weighted by Crippen LogP contribution is -2.22. The number of hydrogen-bond donors (Lipinski definition) is 2. The van der Waals surface area contributed by atoms with Crippen molar-refractivity contribution < 1.29 is 4.79 Å². The normalized spacial score (nSPS) is 10.7. The molecule has 122 valence electrons. The highest BCUT2D eigenvalue weighted by Gasteiger charge is 2.11. The smallest absolute Gasteiger partial charge is 0.274 e. The average molecular weight is 313 g/mol. The van der Waals surface area contributed by atoms with Gasteiger partial charge in [-0.05, 0) is 46.1 Å². The van der Waals surface area contributed by atoms with Crippen molar-refractivity contribution in [3.63, 3.8) is 0 Å². The third-order valence-electron chi connectivity index (χ3n) is 3.24. The van der Waals surface area contributed by atoms with Gasteiger partial charge in [0, 0.05) is 24.5 Å². The number of aromatic nitrogens is 2. The first kappa shape index (κ1) is 16.9. The molecule has 0 aliphatic carbocycles. The van der Waals surface area contributed by atoms with Gasteiger partial charge in [-0.1, -0.05) is 17.7 Å². The first-order valence-corrected chi connectivity index (χ1v) is 7.56. The zero-order valence-electron chi connectivity index (χ0n) is 14.1. The number of nitrogens with zero attached hydrogens (tertiary/aromatic N) is 3. The molecule has 0 fully saturated rings. The first-order valence-electron chi connectivity index (χ1n) is 7.56. The van der Waals surface area contributed by atoms with E-state index in [-0.39, 0.29) is 5.91 Å². The van der Waals surface area contributed by atoms with E-state index in [0.29, 0.717) is 11.6 Å². The minimum Gasteiger partial charge on any atom is -0.353 e. The highest BCUT2D eigenvalue weighted by atomic mass is 16.1. The average Bonchev–Trinajstić information content (AvgIpc) is 2.48. The molecule has 0 saturated heterocycles. The van der Waals surface area contributed by atoms with Gasteiger partial charge in [-0.3, -0.25) is 4.79 Å². The zero-order valence-corrected chi connectivity index (χ0v) is 14.1. The molecule has 1 aromatic heterocycles. The summed E-state index contributed by atoms with van der Waals surface area (Å²) in [6.07, 6.45) is 0. The molecule has 0 bridgehead atoms. The third-order valence-corrected chi connectivity index (χ3v) is 3.24. The predicted molar refractivity (Wildman–Crippen MR) is 92.9 cm³/mol. The molecule has 0 aliphatic rings. The van der Waals surface area contributed by atoms with Gasteiger partial charge in [0.1, 0.15) is 5.69 Å². The fourth-order valence-electron chi connectivity index (χ4n) is 1.99. The van der Waals surface area contributed by atoms with E-state index < -0.39 is 0 Å². The first-order chi connectivity index (χ1) is 10.9. The number of benzene rings is 1. The lowest BCUT2D eigenvalue weighted by molar-refractivity contribution is 0.102. The molecule has 6 nitrogen and oxygen atoms in total. The molecule has 0 unspecified atom stereocenters. The zero-order chi connectivity index (χ0) is 16.8. The monoisotopic (exact) mass is 313 g/mol. The number of rotatable bonds is 6. The predicted octanol–water partition coefficient (Wildman–Crippen LogP) is 2.32. The van der Waals surface area contributed by atoms with Gasteiger partial charge in [-0.25, -0.2) is 9.97 Å². The summed E-state index contributed by atoms with van der Waals surface area (Å²) in [5, 5.41) is 5.99. The number of anilines is 2. The number of hydrogen-bond acceptors (Lipinski definition) is 5. The van der Waals surface area contributed by atoms with Crippen LogP contribution in [0.1, 0.15) is 21.7 Å². The molecular weight excluding hydrogens is 290 g/mol. The van der Waals surface area contributed by atoms with Crippen molar-refractivity contribution >= 4 is 17.5 Å². The van der Waals surface area contributed by atoms with Crippen molar-refractivity contribution in [3.8, 4) is 0 Å². The number of nitrogens with one attached hydrogen (secondary N) is 2. The fourth-order valence-corrected chi connectivity index (χ4v) is 1.99. The molecule has 0 saturated carbocycles. The minimum atomic E-state index is -0.241. The minimum absolute atomic E-state index is 0.241. The van der Waals surface area contributed by atoms with Crippen LogP contribution in [0.5, 0.6) is 0 Å². The highest BCUT2D eigenvalue weighted by molar-refractivity contribution is 6.03.